The predicted molar refractivity (Wildman–Crippen MR) is 117 cm³/mol. The first kappa shape index (κ1) is 21.9. The van der Waals surface area contributed by atoms with Crippen molar-refractivity contribution in [1.29, 1.82) is 0 Å². The van der Waals surface area contributed by atoms with Gasteiger partial charge in [-0.25, -0.2) is 9.59 Å². The van der Waals surface area contributed by atoms with Crippen LogP contribution in [0.3, 0.4) is 0 Å². The Hall–Kier alpha value is -2.83. The Morgan fingerprint density at radius 1 is 1.07 bits per heavy atom. The van der Waals surface area contributed by atoms with Crippen LogP contribution >= 0.6 is 11.6 Å². The van der Waals surface area contributed by atoms with Gasteiger partial charge in [-0.3, -0.25) is 4.90 Å². The second kappa shape index (κ2) is 10.3. The Morgan fingerprint density at radius 3 is 2.40 bits per heavy atom. The second-order valence-corrected chi connectivity index (χ2v) is 7.42. The standard InChI is InChI=1S/C23H26ClN3O3/c1-3-27(14-16-8-6-5-7-9-16)15-19-20(22(28)30-4-2)21(26-23(29)25-19)17-10-12-18(24)13-11-17/h5-13,21H,3-4,14-15H2,1-2H3,(H2,25,26,29)/t21-/m0/s1. The number of likely N-dealkylation sites (N-methyl/N-ethyl adjacent to an activating group) is 1. The number of ether oxygens (including phenoxy) is 1. The molecule has 1 heterocycles. The molecule has 3 rings (SSSR count). The molecule has 0 unspecified atom stereocenters. The van der Waals surface area contributed by atoms with Gasteiger partial charge < -0.3 is 15.4 Å². The molecule has 7 heteroatoms. The molecule has 6 nitrogen and oxygen atoms in total. The molecule has 0 saturated heterocycles. The molecule has 0 aromatic heterocycles. The summed E-state index contributed by atoms with van der Waals surface area (Å²) in [6.07, 6.45) is 0. The normalized spacial score (nSPS) is 16.3. The molecule has 2 amide bonds. The Labute approximate surface area is 181 Å². The Kier molecular flexibility index (Phi) is 7.49. The topological polar surface area (TPSA) is 70.7 Å². The first-order valence-corrected chi connectivity index (χ1v) is 10.4. The van der Waals surface area contributed by atoms with Crippen LogP contribution in [0.25, 0.3) is 0 Å². The number of esters is 1. The van der Waals surface area contributed by atoms with Gasteiger partial charge in [-0.1, -0.05) is 61.0 Å². The molecular formula is C23H26ClN3O3. The highest BCUT2D eigenvalue weighted by molar-refractivity contribution is 6.30. The van der Waals surface area contributed by atoms with Crippen LogP contribution < -0.4 is 10.6 Å². The van der Waals surface area contributed by atoms with E-state index in [0.29, 0.717) is 29.4 Å². The minimum atomic E-state index is -0.611. The molecule has 30 heavy (non-hydrogen) atoms. The molecule has 2 aromatic rings. The van der Waals surface area contributed by atoms with E-state index in [9.17, 15) is 9.59 Å². The number of carbonyl (C=O) groups is 2. The molecule has 2 aromatic carbocycles. The fourth-order valence-electron chi connectivity index (χ4n) is 3.44. The van der Waals surface area contributed by atoms with Crippen molar-refractivity contribution in [2.45, 2.75) is 26.4 Å². The van der Waals surface area contributed by atoms with E-state index in [2.05, 4.69) is 27.7 Å². The van der Waals surface area contributed by atoms with Crippen LogP contribution in [0.4, 0.5) is 4.79 Å². The molecule has 1 aliphatic rings. The molecule has 0 spiro atoms. The molecule has 2 N–H and O–H groups in total. The largest absolute Gasteiger partial charge is 0.463 e. The lowest BCUT2D eigenvalue weighted by molar-refractivity contribution is -0.139. The van der Waals surface area contributed by atoms with Crippen molar-refractivity contribution in [2.24, 2.45) is 0 Å². The summed E-state index contributed by atoms with van der Waals surface area (Å²) in [7, 11) is 0. The SMILES string of the molecule is CCOC(=O)C1=C(CN(CC)Cc2ccccc2)NC(=O)N[C@H]1c1ccc(Cl)cc1. The van der Waals surface area contributed by atoms with Crippen LogP contribution in [0.5, 0.6) is 0 Å². The van der Waals surface area contributed by atoms with Crippen LogP contribution in [0.2, 0.25) is 5.02 Å². The van der Waals surface area contributed by atoms with E-state index in [4.69, 9.17) is 16.3 Å². The van der Waals surface area contributed by atoms with Crippen molar-refractivity contribution in [2.75, 3.05) is 19.7 Å². The molecule has 0 radical (unpaired) electrons. The minimum absolute atomic E-state index is 0.248. The van der Waals surface area contributed by atoms with Gasteiger partial charge in [0.1, 0.15) is 0 Å². The number of benzene rings is 2. The molecule has 1 aliphatic heterocycles. The van der Waals surface area contributed by atoms with E-state index in [1.54, 1.807) is 31.2 Å². The van der Waals surface area contributed by atoms with Crippen molar-refractivity contribution in [1.82, 2.24) is 15.5 Å². The third kappa shape index (κ3) is 5.40. The van der Waals surface area contributed by atoms with Gasteiger partial charge in [0.2, 0.25) is 0 Å². The van der Waals surface area contributed by atoms with Gasteiger partial charge in [0, 0.05) is 23.8 Å². The Balaban J connectivity index is 1.96. The lowest BCUT2D eigenvalue weighted by atomic mass is 9.95. The zero-order chi connectivity index (χ0) is 21.5. The van der Waals surface area contributed by atoms with Crippen LogP contribution in [0, 0.1) is 0 Å². The molecule has 0 bridgehead atoms. The highest BCUT2D eigenvalue weighted by Crippen LogP contribution is 2.29. The van der Waals surface area contributed by atoms with Crippen molar-refractivity contribution in [3.63, 3.8) is 0 Å². The molecular weight excluding hydrogens is 402 g/mol. The number of halogens is 1. The number of hydrogen-bond acceptors (Lipinski definition) is 4. The second-order valence-electron chi connectivity index (χ2n) is 6.98. The third-order valence-corrected chi connectivity index (χ3v) is 5.18. The smallest absolute Gasteiger partial charge is 0.338 e. The third-order valence-electron chi connectivity index (χ3n) is 4.93. The lowest BCUT2D eigenvalue weighted by Crippen LogP contribution is -2.48. The average molecular weight is 428 g/mol. The van der Waals surface area contributed by atoms with E-state index in [1.807, 2.05) is 25.1 Å². The molecule has 158 valence electrons. The zero-order valence-electron chi connectivity index (χ0n) is 17.2. The van der Waals surface area contributed by atoms with Crippen LogP contribution in [-0.4, -0.2) is 36.6 Å². The summed E-state index contributed by atoms with van der Waals surface area (Å²) in [6.45, 7) is 5.93. The van der Waals surface area contributed by atoms with E-state index >= 15 is 0 Å². The summed E-state index contributed by atoms with van der Waals surface area (Å²) in [5.41, 5.74) is 2.88. The van der Waals surface area contributed by atoms with Gasteiger partial charge in [-0.2, -0.15) is 0 Å². The van der Waals surface area contributed by atoms with E-state index < -0.39 is 12.0 Å². The molecule has 0 fully saturated rings. The minimum Gasteiger partial charge on any atom is -0.463 e. The number of nitrogens with zero attached hydrogens (tertiary/aromatic N) is 1. The van der Waals surface area contributed by atoms with Crippen LogP contribution in [-0.2, 0) is 16.1 Å². The van der Waals surface area contributed by atoms with Gasteiger partial charge >= 0.3 is 12.0 Å². The van der Waals surface area contributed by atoms with Crippen molar-refractivity contribution < 1.29 is 14.3 Å². The number of amides is 2. The van der Waals surface area contributed by atoms with Gasteiger partial charge in [0.15, 0.2) is 0 Å². The summed E-state index contributed by atoms with van der Waals surface area (Å²) in [5.74, 6) is -0.448. The highest BCUT2D eigenvalue weighted by Gasteiger charge is 2.34. The van der Waals surface area contributed by atoms with Crippen molar-refractivity contribution in [3.05, 3.63) is 82.0 Å². The summed E-state index contributed by atoms with van der Waals surface area (Å²) in [4.78, 5) is 27.5. The van der Waals surface area contributed by atoms with Crippen molar-refractivity contribution >= 4 is 23.6 Å². The van der Waals surface area contributed by atoms with Gasteiger partial charge in [0.05, 0.1) is 18.2 Å². The van der Waals surface area contributed by atoms with Gasteiger partial charge in [0.25, 0.3) is 0 Å². The molecule has 0 aliphatic carbocycles. The maximum atomic E-state index is 12.9. The van der Waals surface area contributed by atoms with E-state index in [-0.39, 0.29) is 12.6 Å². The number of urea groups is 1. The number of rotatable bonds is 8. The van der Waals surface area contributed by atoms with Crippen LogP contribution in [0.1, 0.15) is 31.0 Å². The maximum absolute atomic E-state index is 12.9. The first-order valence-electron chi connectivity index (χ1n) is 10.0. The Bertz CT molecular complexity index is 913. The maximum Gasteiger partial charge on any atom is 0.338 e. The zero-order valence-corrected chi connectivity index (χ0v) is 17.9. The lowest BCUT2D eigenvalue weighted by Gasteiger charge is -2.32. The summed E-state index contributed by atoms with van der Waals surface area (Å²) >= 11 is 6.01. The summed E-state index contributed by atoms with van der Waals surface area (Å²) < 4.78 is 5.32. The fourth-order valence-corrected chi connectivity index (χ4v) is 3.57. The first-order chi connectivity index (χ1) is 14.5. The number of hydrogen-bond donors (Lipinski definition) is 2. The fraction of sp³-hybridized carbons (Fsp3) is 0.304. The van der Waals surface area contributed by atoms with Crippen molar-refractivity contribution in [3.8, 4) is 0 Å². The molecule has 0 saturated carbocycles. The number of carbonyl (C=O) groups excluding carboxylic acids is 2. The summed E-state index contributed by atoms with van der Waals surface area (Å²) in [5, 5.41) is 6.25. The molecule has 1 atom stereocenters. The van der Waals surface area contributed by atoms with E-state index in [1.165, 1.54) is 0 Å². The predicted octanol–water partition coefficient (Wildman–Crippen LogP) is 4.03. The number of nitrogens with one attached hydrogen (secondary N) is 2. The quantitative estimate of drug-likeness (QED) is 0.624. The van der Waals surface area contributed by atoms with Gasteiger partial charge in [-0.05, 0) is 36.7 Å². The van der Waals surface area contributed by atoms with Crippen LogP contribution in [0.15, 0.2) is 65.9 Å². The Morgan fingerprint density at radius 2 is 1.77 bits per heavy atom. The van der Waals surface area contributed by atoms with E-state index in [0.717, 1.165) is 17.7 Å². The monoisotopic (exact) mass is 427 g/mol. The summed E-state index contributed by atoms with van der Waals surface area (Å²) in [6, 6.07) is 16.2. The average Bonchev–Trinajstić information content (AvgIpc) is 2.74. The highest BCUT2D eigenvalue weighted by atomic mass is 35.5. The van der Waals surface area contributed by atoms with Gasteiger partial charge in [-0.15, -0.1) is 0 Å².